The van der Waals surface area contributed by atoms with Crippen molar-refractivity contribution in [3.63, 3.8) is 0 Å². The van der Waals surface area contributed by atoms with E-state index in [1.807, 2.05) is 12.1 Å². The SMILES string of the molecule is CC(C)(C)c1ccc(-c2cn[nH]c(=O)c2)cc1. The van der Waals surface area contributed by atoms with Crippen molar-refractivity contribution in [2.24, 2.45) is 0 Å². The van der Waals surface area contributed by atoms with E-state index < -0.39 is 0 Å². The number of rotatable bonds is 1. The molecule has 0 saturated carbocycles. The van der Waals surface area contributed by atoms with Crippen molar-refractivity contribution in [2.75, 3.05) is 0 Å². The third-order valence-corrected chi connectivity index (χ3v) is 2.75. The third-order valence-electron chi connectivity index (χ3n) is 2.75. The summed E-state index contributed by atoms with van der Waals surface area (Å²) in [7, 11) is 0. The molecule has 3 nitrogen and oxygen atoms in total. The fourth-order valence-corrected chi connectivity index (χ4v) is 1.70. The number of hydrogen-bond acceptors (Lipinski definition) is 2. The Morgan fingerprint density at radius 1 is 1.06 bits per heavy atom. The summed E-state index contributed by atoms with van der Waals surface area (Å²) in [5.74, 6) is 0. The van der Waals surface area contributed by atoms with Crippen LogP contribution < -0.4 is 5.56 Å². The van der Waals surface area contributed by atoms with Gasteiger partial charge in [-0.05, 0) is 16.5 Å². The summed E-state index contributed by atoms with van der Waals surface area (Å²) in [5, 5.41) is 6.17. The van der Waals surface area contributed by atoms with Gasteiger partial charge in [0.1, 0.15) is 0 Å². The normalized spacial score (nSPS) is 11.5. The molecule has 0 fully saturated rings. The van der Waals surface area contributed by atoms with Crippen LogP contribution in [0.3, 0.4) is 0 Å². The quantitative estimate of drug-likeness (QED) is 0.815. The first-order valence-electron chi connectivity index (χ1n) is 5.62. The Hall–Kier alpha value is -1.90. The molecule has 0 aliphatic rings. The Kier molecular flexibility index (Phi) is 2.84. The first-order chi connectivity index (χ1) is 7.97. The van der Waals surface area contributed by atoms with Crippen molar-refractivity contribution in [1.82, 2.24) is 10.2 Å². The minimum Gasteiger partial charge on any atom is -0.268 e. The predicted molar refractivity (Wildman–Crippen MR) is 69.0 cm³/mol. The molecule has 1 aromatic heterocycles. The van der Waals surface area contributed by atoms with E-state index in [9.17, 15) is 4.79 Å². The summed E-state index contributed by atoms with van der Waals surface area (Å²) in [6.07, 6.45) is 1.66. The highest BCUT2D eigenvalue weighted by molar-refractivity contribution is 5.62. The van der Waals surface area contributed by atoms with Gasteiger partial charge in [-0.1, -0.05) is 45.0 Å². The highest BCUT2D eigenvalue weighted by Crippen LogP contribution is 2.25. The molecule has 0 amide bonds. The monoisotopic (exact) mass is 228 g/mol. The molecule has 88 valence electrons. The first-order valence-corrected chi connectivity index (χ1v) is 5.62. The molecular formula is C14H16N2O. The maximum absolute atomic E-state index is 11.2. The number of hydrogen-bond donors (Lipinski definition) is 1. The lowest BCUT2D eigenvalue weighted by atomic mass is 9.86. The van der Waals surface area contributed by atoms with Crippen LogP contribution in [-0.2, 0) is 5.41 Å². The summed E-state index contributed by atoms with van der Waals surface area (Å²) in [6, 6.07) is 9.79. The number of H-pyrrole nitrogens is 1. The molecule has 1 N–H and O–H groups in total. The standard InChI is InChI=1S/C14H16N2O/c1-14(2,3)12-6-4-10(5-7-12)11-8-13(17)16-15-9-11/h4-9H,1-3H3,(H,16,17). The molecule has 0 saturated heterocycles. The van der Waals surface area contributed by atoms with E-state index in [0.717, 1.165) is 11.1 Å². The average molecular weight is 228 g/mol. The number of nitrogens with zero attached hydrogens (tertiary/aromatic N) is 1. The van der Waals surface area contributed by atoms with E-state index >= 15 is 0 Å². The molecule has 0 radical (unpaired) electrons. The topological polar surface area (TPSA) is 45.8 Å². The largest absolute Gasteiger partial charge is 0.268 e. The van der Waals surface area contributed by atoms with E-state index in [0.29, 0.717) is 0 Å². The van der Waals surface area contributed by atoms with Gasteiger partial charge in [0, 0.05) is 11.6 Å². The van der Waals surface area contributed by atoms with E-state index in [4.69, 9.17) is 0 Å². The lowest BCUT2D eigenvalue weighted by Gasteiger charge is -2.19. The van der Waals surface area contributed by atoms with Crippen molar-refractivity contribution in [3.8, 4) is 11.1 Å². The van der Waals surface area contributed by atoms with Gasteiger partial charge in [0.15, 0.2) is 0 Å². The summed E-state index contributed by atoms with van der Waals surface area (Å²) in [5.41, 5.74) is 3.09. The third kappa shape index (κ3) is 2.61. The second-order valence-electron chi connectivity index (χ2n) is 5.16. The zero-order chi connectivity index (χ0) is 12.5. The van der Waals surface area contributed by atoms with Crippen LogP contribution >= 0.6 is 0 Å². The maximum Gasteiger partial charge on any atom is 0.264 e. The lowest BCUT2D eigenvalue weighted by Crippen LogP contribution is -2.10. The molecule has 1 aromatic carbocycles. The van der Waals surface area contributed by atoms with Gasteiger partial charge >= 0.3 is 0 Å². The summed E-state index contributed by atoms with van der Waals surface area (Å²) < 4.78 is 0. The summed E-state index contributed by atoms with van der Waals surface area (Å²) in [6.45, 7) is 6.53. The Morgan fingerprint density at radius 3 is 2.24 bits per heavy atom. The van der Waals surface area contributed by atoms with Gasteiger partial charge in [0.2, 0.25) is 0 Å². The molecule has 0 unspecified atom stereocenters. The second-order valence-corrected chi connectivity index (χ2v) is 5.16. The zero-order valence-corrected chi connectivity index (χ0v) is 10.3. The maximum atomic E-state index is 11.2. The van der Waals surface area contributed by atoms with Crippen molar-refractivity contribution in [1.29, 1.82) is 0 Å². The fourth-order valence-electron chi connectivity index (χ4n) is 1.70. The van der Waals surface area contributed by atoms with Crippen LogP contribution in [0.2, 0.25) is 0 Å². The smallest absolute Gasteiger partial charge is 0.264 e. The summed E-state index contributed by atoms with van der Waals surface area (Å²) in [4.78, 5) is 11.2. The minimum atomic E-state index is -0.178. The van der Waals surface area contributed by atoms with Crippen LogP contribution in [0.1, 0.15) is 26.3 Å². The number of nitrogens with one attached hydrogen (secondary N) is 1. The van der Waals surface area contributed by atoms with Gasteiger partial charge < -0.3 is 0 Å². The Balaban J connectivity index is 2.39. The lowest BCUT2D eigenvalue weighted by molar-refractivity contribution is 0.590. The molecule has 1 heterocycles. The van der Waals surface area contributed by atoms with Crippen LogP contribution in [0.15, 0.2) is 41.3 Å². The van der Waals surface area contributed by atoms with Crippen molar-refractivity contribution >= 4 is 0 Å². The van der Waals surface area contributed by atoms with Gasteiger partial charge in [-0.25, -0.2) is 5.10 Å². The highest BCUT2D eigenvalue weighted by Gasteiger charge is 2.13. The molecule has 0 bridgehead atoms. The van der Waals surface area contributed by atoms with Gasteiger partial charge in [-0.2, -0.15) is 5.10 Å². The van der Waals surface area contributed by atoms with Crippen molar-refractivity contribution in [3.05, 3.63) is 52.4 Å². The van der Waals surface area contributed by atoms with Gasteiger partial charge in [-0.3, -0.25) is 4.79 Å². The molecule has 2 aromatic rings. The number of aromatic nitrogens is 2. The molecule has 0 spiro atoms. The number of aromatic amines is 1. The summed E-state index contributed by atoms with van der Waals surface area (Å²) >= 11 is 0. The van der Waals surface area contributed by atoms with E-state index in [1.165, 1.54) is 5.56 Å². The van der Waals surface area contributed by atoms with Crippen LogP contribution in [0, 0.1) is 0 Å². The van der Waals surface area contributed by atoms with Crippen LogP contribution in [0.25, 0.3) is 11.1 Å². The average Bonchev–Trinajstić information content (AvgIpc) is 2.28. The zero-order valence-electron chi connectivity index (χ0n) is 10.3. The molecule has 0 aliphatic carbocycles. The second kappa shape index (κ2) is 4.17. The van der Waals surface area contributed by atoms with E-state index in [1.54, 1.807) is 12.3 Å². The number of benzene rings is 1. The van der Waals surface area contributed by atoms with Crippen LogP contribution in [-0.4, -0.2) is 10.2 Å². The highest BCUT2D eigenvalue weighted by atomic mass is 16.1. The van der Waals surface area contributed by atoms with Crippen molar-refractivity contribution in [2.45, 2.75) is 26.2 Å². The Morgan fingerprint density at radius 2 is 1.71 bits per heavy atom. The van der Waals surface area contributed by atoms with Crippen molar-refractivity contribution < 1.29 is 0 Å². The van der Waals surface area contributed by atoms with Gasteiger partial charge in [-0.15, -0.1) is 0 Å². The molecule has 3 heteroatoms. The van der Waals surface area contributed by atoms with Gasteiger partial charge in [0.25, 0.3) is 5.56 Å². The molecule has 2 rings (SSSR count). The van der Waals surface area contributed by atoms with E-state index in [2.05, 4.69) is 43.1 Å². The minimum absolute atomic E-state index is 0.144. The van der Waals surface area contributed by atoms with Crippen LogP contribution in [0.5, 0.6) is 0 Å². The first kappa shape index (κ1) is 11.6. The molecule has 0 atom stereocenters. The van der Waals surface area contributed by atoms with Gasteiger partial charge in [0.05, 0.1) is 6.20 Å². The fraction of sp³-hybridized carbons (Fsp3) is 0.286. The Labute approximate surface area is 101 Å². The Bertz CT molecular complexity index is 562. The van der Waals surface area contributed by atoms with Crippen LogP contribution in [0.4, 0.5) is 0 Å². The van der Waals surface area contributed by atoms with E-state index in [-0.39, 0.29) is 11.0 Å². The molecular weight excluding hydrogens is 212 g/mol. The molecule has 0 aliphatic heterocycles. The predicted octanol–water partition coefficient (Wildman–Crippen LogP) is 2.73. The molecule has 17 heavy (non-hydrogen) atoms.